The highest BCUT2D eigenvalue weighted by Crippen LogP contribution is 2.42. The summed E-state index contributed by atoms with van der Waals surface area (Å²) in [7, 11) is 0. The van der Waals surface area contributed by atoms with Gasteiger partial charge in [0.05, 0.1) is 0 Å². The van der Waals surface area contributed by atoms with Crippen molar-refractivity contribution in [1.82, 2.24) is 15.0 Å². The highest BCUT2D eigenvalue weighted by Gasteiger charge is 2.19. The third-order valence-electron chi connectivity index (χ3n) is 9.49. The van der Waals surface area contributed by atoms with Gasteiger partial charge in [0, 0.05) is 46.7 Å². The number of pyridine rings is 3. The van der Waals surface area contributed by atoms with E-state index in [1.165, 1.54) is 0 Å². The Morgan fingerprint density at radius 3 is 1.30 bits per heavy atom. The summed E-state index contributed by atoms with van der Waals surface area (Å²) in [6.07, 6.45) is 7.39. The second-order valence-electron chi connectivity index (χ2n) is 12.5. The summed E-state index contributed by atoms with van der Waals surface area (Å²) in [4.78, 5) is 13.9. The van der Waals surface area contributed by atoms with Gasteiger partial charge in [0.15, 0.2) is 11.2 Å². The van der Waals surface area contributed by atoms with E-state index in [-0.39, 0.29) is 0 Å². The van der Waals surface area contributed by atoms with Crippen molar-refractivity contribution in [3.63, 3.8) is 0 Å². The number of hydrogen-bond acceptors (Lipinski definition) is 5. The molecular weight excluding hydrogens is 615 g/mol. The molecule has 0 saturated carbocycles. The highest BCUT2D eigenvalue weighted by molar-refractivity contribution is 6.10. The van der Waals surface area contributed by atoms with Crippen LogP contribution in [0.2, 0.25) is 0 Å². The van der Waals surface area contributed by atoms with Crippen LogP contribution in [0.1, 0.15) is 0 Å². The van der Waals surface area contributed by atoms with E-state index in [9.17, 15) is 0 Å². The molecule has 50 heavy (non-hydrogen) atoms. The second kappa shape index (κ2) is 11.4. The Bertz CT molecular complexity index is 2680. The van der Waals surface area contributed by atoms with Gasteiger partial charge in [-0.2, -0.15) is 0 Å². The number of rotatable bonds is 5. The van der Waals surface area contributed by atoms with Gasteiger partial charge in [-0.3, -0.25) is 15.0 Å². The molecule has 10 aromatic rings. The van der Waals surface area contributed by atoms with Crippen LogP contribution in [0.3, 0.4) is 0 Å². The molecule has 5 heterocycles. The molecule has 0 fully saturated rings. The number of furan rings is 2. The normalized spacial score (nSPS) is 11.6. The average Bonchev–Trinajstić information content (AvgIpc) is 3.76. The van der Waals surface area contributed by atoms with Crippen molar-refractivity contribution < 1.29 is 8.83 Å². The fourth-order valence-electron chi connectivity index (χ4n) is 7.04. The molecule has 0 aliphatic heterocycles. The monoisotopic (exact) mass is 641 g/mol. The summed E-state index contributed by atoms with van der Waals surface area (Å²) in [5.41, 5.74) is 15.4. The van der Waals surface area contributed by atoms with Crippen molar-refractivity contribution in [3.05, 3.63) is 164 Å². The third kappa shape index (κ3) is 4.67. The Balaban J connectivity index is 1.17. The highest BCUT2D eigenvalue weighted by atomic mass is 16.3. The second-order valence-corrected chi connectivity index (χ2v) is 12.5. The molecule has 5 aromatic carbocycles. The lowest BCUT2D eigenvalue weighted by atomic mass is 9.93. The van der Waals surface area contributed by atoms with Crippen LogP contribution in [-0.2, 0) is 0 Å². The van der Waals surface area contributed by atoms with Gasteiger partial charge in [0.1, 0.15) is 22.2 Å². The van der Waals surface area contributed by atoms with E-state index in [0.717, 1.165) is 99.8 Å². The van der Waals surface area contributed by atoms with E-state index < -0.39 is 0 Å². The zero-order chi connectivity index (χ0) is 33.0. The van der Waals surface area contributed by atoms with E-state index in [1.807, 2.05) is 73.3 Å². The van der Waals surface area contributed by atoms with Crippen LogP contribution >= 0.6 is 0 Å². The van der Waals surface area contributed by atoms with Gasteiger partial charge < -0.3 is 8.83 Å². The predicted octanol–water partition coefficient (Wildman–Crippen LogP) is 12.0. The molecule has 0 radical (unpaired) electrons. The minimum absolute atomic E-state index is 0.752. The van der Waals surface area contributed by atoms with E-state index in [1.54, 1.807) is 0 Å². The van der Waals surface area contributed by atoms with E-state index in [0.29, 0.717) is 0 Å². The molecule has 5 heteroatoms. The molecule has 0 spiro atoms. The minimum Gasteiger partial charge on any atom is -0.454 e. The number of hydrogen-bond donors (Lipinski definition) is 0. The summed E-state index contributed by atoms with van der Waals surface area (Å²) in [6.45, 7) is 0. The molecule has 0 aliphatic rings. The van der Waals surface area contributed by atoms with Crippen LogP contribution in [0.4, 0.5) is 0 Å². The molecule has 5 nitrogen and oxygen atoms in total. The van der Waals surface area contributed by atoms with Crippen LogP contribution < -0.4 is 0 Å². The fraction of sp³-hybridized carbons (Fsp3) is 0. The summed E-state index contributed by atoms with van der Waals surface area (Å²) in [5.74, 6) is 0. The van der Waals surface area contributed by atoms with Crippen LogP contribution in [0.15, 0.2) is 173 Å². The first kappa shape index (κ1) is 28.2. The van der Waals surface area contributed by atoms with Crippen molar-refractivity contribution in [1.29, 1.82) is 0 Å². The lowest BCUT2D eigenvalue weighted by Gasteiger charge is -2.11. The van der Waals surface area contributed by atoms with Gasteiger partial charge in [-0.25, -0.2) is 0 Å². The average molecular weight is 642 g/mol. The molecule has 0 bridgehead atoms. The Kier molecular flexibility index (Phi) is 6.42. The van der Waals surface area contributed by atoms with Gasteiger partial charge in [0.25, 0.3) is 0 Å². The van der Waals surface area contributed by atoms with Crippen molar-refractivity contribution in [2.24, 2.45) is 0 Å². The van der Waals surface area contributed by atoms with Gasteiger partial charge in [0.2, 0.25) is 0 Å². The molecule has 0 aliphatic carbocycles. The van der Waals surface area contributed by atoms with E-state index >= 15 is 0 Å². The van der Waals surface area contributed by atoms with Crippen LogP contribution in [0, 0.1) is 0 Å². The van der Waals surface area contributed by atoms with E-state index in [2.05, 4.69) is 96.0 Å². The Labute approximate surface area is 287 Å². The molecule has 234 valence electrons. The topological polar surface area (TPSA) is 65.0 Å². The van der Waals surface area contributed by atoms with Crippen molar-refractivity contribution >= 4 is 44.1 Å². The first-order valence-corrected chi connectivity index (χ1v) is 16.6. The number of fused-ring (bicyclic) bond motifs is 6. The largest absolute Gasteiger partial charge is 0.454 e. The predicted molar refractivity (Wildman–Crippen MR) is 202 cm³/mol. The zero-order valence-corrected chi connectivity index (χ0v) is 26.7. The zero-order valence-electron chi connectivity index (χ0n) is 26.7. The molecular formula is C45H27N3O2. The standard InChI is InChI=1S/C45H27N3O2/c1-3-7-28(8-4-1)31-11-13-40-38(26-31)42-44(49-40)36(17-21-47-42)34-23-33(30-15-19-46-20-16-30)24-35(25-34)37-18-22-48-43-39-27-32(29-9-5-2-6-10-29)12-14-41(39)50-45(37)43/h1-27H. The first-order chi connectivity index (χ1) is 24.8. The summed E-state index contributed by atoms with van der Waals surface area (Å²) in [6, 6.07) is 48.2. The number of benzene rings is 5. The summed E-state index contributed by atoms with van der Waals surface area (Å²) in [5, 5.41) is 1.98. The molecule has 5 aromatic heterocycles. The third-order valence-corrected chi connectivity index (χ3v) is 9.49. The van der Waals surface area contributed by atoms with Gasteiger partial charge in [-0.05, 0) is 111 Å². The lowest BCUT2D eigenvalue weighted by Crippen LogP contribution is -1.88. The SMILES string of the molecule is c1ccc(-c2ccc3oc4c(-c5cc(-c6ccncc6)cc(-c6ccnc7c6oc6ccc(-c8ccccc8)cc67)c5)ccnc4c3c2)cc1. The van der Waals surface area contributed by atoms with E-state index in [4.69, 9.17) is 18.8 Å². The Hall–Kier alpha value is -6.85. The van der Waals surface area contributed by atoms with Gasteiger partial charge in [-0.1, -0.05) is 72.8 Å². The van der Waals surface area contributed by atoms with Gasteiger partial charge >= 0.3 is 0 Å². The molecule has 0 amide bonds. The smallest absolute Gasteiger partial charge is 0.161 e. The minimum atomic E-state index is 0.752. The molecule has 0 N–H and O–H groups in total. The number of aromatic nitrogens is 3. The summed E-state index contributed by atoms with van der Waals surface area (Å²) < 4.78 is 13.2. The first-order valence-electron chi connectivity index (χ1n) is 16.6. The van der Waals surface area contributed by atoms with Crippen LogP contribution in [-0.4, -0.2) is 15.0 Å². The van der Waals surface area contributed by atoms with Crippen molar-refractivity contribution in [2.75, 3.05) is 0 Å². The Morgan fingerprint density at radius 2 is 0.800 bits per heavy atom. The maximum atomic E-state index is 6.58. The van der Waals surface area contributed by atoms with Crippen LogP contribution in [0.25, 0.3) is 99.8 Å². The maximum Gasteiger partial charge on any atom is 0.161 e. The summed E-state index contributed by atoms with van der Waals surface area (Å²) >= 11 is 0. The Morgan fingerprint density at radius 1 is 0.340 bits per heavy atom. The van der Waals surface area contributed by atoms with Crippen molar-refractivity contribution in [3.8, 4) is 55.6 Å². The van der Waals surface area contributed by atoms with Crippen LogP contribution in [0.5, 0.6) is 0 Å². The maximum absolute atomic E-state index is 6.58. The lowest BCUT2D eigenvalue weighted by molar-refractivity contribution is 0.669. The van der Waals surface area contributed by atoms with Gasteiger partial charge in [-0.15, -0.1) is 0 Å². The molecule has 10 rings (SSSR count). The molecule has 0 atom stereocenters. The molecule has 0 unspecified atom stereocenters. The van der Waals surface area contributed by atoms with Crippen molar-refractivity contribution in [2.45, 2.75) is 0 Å². The number of nitrogens with zero attached hydrogens (tertiary/aromatic N) is 3. The fourth-order valence-corrected chi connectivity index (χ4v) is 7.04. The molecule has 0 saturated heterocycles. The quantitative estimate of drug-likeness (QED) is 0.187.